The number of hydrogen-bond donors (Lipinski definition) is 1. The molecule has 0 aromatic heterocycles. The van der Waals surface area contributed by atoms with Crippen LogP contribution in [0.5, 0.6) is 0 Å². The van der Waals surface area contributed by atoms with E-state index in [0.717, 1.165) is 20.8 Å². The van der Waals surface area contributed by atoms with Crippen molar-refractivity contribution in [3.8, 4) is 0 Å². The van der Waals surface area contributed by atoms with Gasteiger partial charge in [0.05, 0.1) is 22.3 Å². The van der Waals surface area contributed by atoms with E-state index in [-0.39, 0.29) is 0 Å². The van der Waals surface area contributed by atoms with E-state index < -0.39 is 70.0 Å². The first-order valence-electron chi connectivity index (χ1n) is 7.26. The molecule has 1 nitrogen and oxygen atoms in total. The Morgan fingerprint density at radius 2 is 0.893 bits per heavy atom. The smallest absolute Gasteiger partial charge is 0.323 e. The molecule has 0 saturated heterocycles. The van der Waals surface area contributed by atoms with Crippen LogP contribution in [0.1, 0.15) is 54.6 Å². The van der Waals surface area contributed by atoms with Crippen LogP contribution in [0.15, 0.2) is 6.07 Å². The van der Waals surface area contributed by atoms with Crippen molar-refractivity contribution in [3.63, 3.8) is 0 Å². The van der Waals surface area contributed by atoms with Gasteiger partial charge >= 0.3 is 24.7 Å². The molecule has 13 heteroatoms. The Morgan fingerprint density at radius 1 is 0.607 bits per heavy atom. The molecule has 28 heavy (non-hydrogen) atoms. The lowest BCUT2D eigenvalue weighted by Crippen LogP contribution is -2.35. The summed E-state index contributed by atoms with van der Waals surface area (Å²) in [6.07, 6.45) is -24.2. The Kier molecular flexibility index (Phi) is 5.83. The maximum absolute atomic E-state index is 13.4. The van der Waals surface area contributed by atoms with E-state index in [9.17, 15) is 52.7 Å². The minimum absolute atomic E-state index is 0.978. The summed E-state index contributed by atoms with van der Waals surface area (Å²) in [6.45, 7) is 2.93. The molecule has 1 aromatic carbocycles. The summed E-state index contributed by atoms with van der Waals surface area (Å²) in [7, 11) is 0. The van der Waals surface area contributed by atoms with Gasteiger partial charge in [-0.1, -0.05) is 20.8 Å². The van der Waals surface area contributed by atoms with E-state index in [4.69, 9.17) is 5.73 Å². The zero-order valence-corrected chi connectivity index (χ0v) is 14.3. The van der Waals surface area contributed by atoms with Gasteiger partial charge in [-0.3, -0.25) is 0 Å². The summed E-state index contributed by atoms with van der Waals surface area (Å²) in [5.74, 6) is 0. The summed E-state index contributed by atoms with van der Waals surface area (Å²) in [5, 5.41) is 0. The molecule has 0 aliphatic carbocycles. The predicted octanol–water partition coefficient (Wildman–Crippen LogP) is 6.81. The second-order valence-electron chi connectivity index (χ2n) is 6.97. The molecular weight excluding hydrogens is 422 g/mol. The van der Waals surface area contributed by atoms with Gasteiger partial charge in [-0.05, 0) is 17.0 Å². The lowest BCUT2D eigenvalue weighted by Gasteiger charge is -2.34. The number of halogens is 12. The molecule has 2 N–H and O–H groups in total. The standard InChI is InChI=1S/C15H13F12N/c1-11(2,3)10(28)7-8(14(22,23)24)5(12(16,17)18)4-6(13(19,20)21)9(7)15(25,26)27/h4,10H,28H2,1-3H3. The van der Waals surface area contributed by atoms with Gasteiger partial charge in [0.15, 0.2) is 0 Å². The SMILES string of the molecule is CC(C)(C)C(N)c1c(C(F)(F)F)c(C(F)(F)F)cc(C(F)(F)F)c1C(F)(F)F. The fraction of sp³-hybridized carbons (Fsp3) is 0.600. The molecule has 0 saturated carbocycles. The van der Waals surface area contributed by atoms with Crippen LogP contribution in [0, 0.1) is 5.41 Å². The third kappa shape index (κ3) is 4.84. The van der Waals surface area contributed by atoms with Crippen molar-refractivity contribution in [1.82, 2.24) is 0 Å². The van der Waals surface area contributed by atoms with E-state index in [1.54, 1.807) is 0 Å². The third-order valence-corrected chi connectivity index (χ3v) is 3.79. The van der Waals surface area contributed by atoms with Crippen molar-refractivity contribution in [2.75, 3.05) is 0 Å². The van der Waals surface area contributed by atoms with Crippen LogP contribution >= 0.6 is 0 Å². The first-order valence-corrected chi connectivity index (χ1v) is 7.26. The van der Waals surface area contributed by atoms with Crippen molar-refractivity contribution in [3.05, 3.63) is 33.9 Å². The van der Waals surface area contributed by atoms with Crippen LogP contribution in [0.2, 0.25) is 0 Å². The molecule has 0 radical (unpaired) electrons. The summed E-state index contributed by atoms with van der Waals surface area (Å²) < 4.78 is 159. The van der Waals surface area contributed by atoms with Crippen molar-refractivity contribution >= 4 is 0 Å². The van der Waals surface area contributed by atoms with E-state index in [0.29, 0.717) is 0 Å². The molecule has 0 aliphatic heterocycles. The van der Waals surface area contributed by atoms with Gasteiger partial charge < -0.3 is 5.73 Å². The first kappa shape index (κ1) is 24.4. The normalized spacial score (nSPS) is 15.7. The van der Waals surface area contributed by atoms with Crippen molar-refractivity contribution < 1.29 is 52.7 Å². The Hall–Kier alpha value is -1.66. The average molecular weight is 435 g/mol. The highest BCUT2D eigenvalue weighted by molar-refractivity contribution is 5.53. The highest BCUT2D eigenvalue weighted by atomic mass is 19.4. The molecule has 1 unspecified atom stereocenters. The van der Waals surface area contributed by atoms with Crippen molar-refractivity contribution in [2.45, 2.75) is 51.5 Å². The van der Waals surface area contributed by atoms with Gasteiger partial charge in [0, 0.05) is 6.04 Å². The number of rotatable bonds is 1. The van der Waals surface area contributed by atoms with E-state index in [1.807, 2.05) is 0 Å². The molecule has 0 spiro atoms. The molecule has 1 aromatic rings. The molecule has 1 rings (SSSR count). The molecule has 0 heterocycles. The van der Waals surface area contributed by atoms with Crippen molar-refractivity contribution in [2.24, 2.45) is 11.1 Å². The van der Waals surface area contributed by atoms with Gasteiger partial charge in [0.2, 0.25) is 0 Å². The lowest BCUT2D eigenvalue weighted by molar-refractivity contribution is -0.172. The number of alkyl halides is 12. The highest BCUT2D eigenvalue weighted by Crippen LogP contribution is 2.53. The van der Waals surface area contributed by atoms with Crippen LogP contribution in [0.4, 0.5) is 52.7 Å². The Bertz CT molecular complexity index is 678. The third-order valence-electron chi connectivity index (χ3n) is 3.79. The van der Waals surface area contributed by atoms with Gasteiger partial charge in [-0.25, -0.2) is 0 Å². The van der Waals surface area contributed by atoms with Crippen LogP contribution in [0.25, 0.3) is 0 Å². The minimum Gasteiger partial charge on any atom is -0.323 e. The second-order valence-corrected chi connectivity index (χ2v) is 6.97. The van der Waals surface area contributed by atoms with E-state index >= 15 is 0 Å². The molecular formula is C15H13F12N. The summed E-state index contributed by atoms with van der Waals surface area (Å²) in [5.41, 5.74) is -10.2. The average Bonchev–Trinajstić information content (AvgIpc) is 2.38. The van der Waals surface area contributed by atoms with Crippen LogP contribution in [-0.2, 0) is 24.7 Å². The molecule has 0 aliphatic rings. The molecule has 0 amide bonds. The van der Waals surface area contributed by atoms with Gasteiger partial charge in [-0.15, -0.1) is 0 Å². The number of nitrogens with two attached hydrogens (primary N) is 1. The maximum atomic E-state index is 13.4. The Labute approximate surface area is 150 Å². The fourth-order valence-corrected chi connectivity index (χ4v) is 2.51. The first-order chi connectivity index (χ1) is 12.0. The van der Waals surface area contributed by atoms with Gasteiger partial charge in [0.25, 0.3) is 0 Å². The maximum Gasteiger partial charge on any atom is 0.417 e. The van der Waals surface area contributed by atoms with Crippen LogP contribution < -0.4 is 5.73 Å². The fourth-order valence-electron chi connectivity index (χ4n) is 2.51. The zero-order valence-electron chi connectivity index (χ0n) is 14.3. The molecule has 0 bridgehead atoms. The highest BCUT2D eigenvalue weighted by Gasteiger charge is 2.54. The lowest BCUT2D eigenvalue weighted by atomic mass is 9.76. The van der Waals surface area contributed by atoms with Crippen molar-refractivity contribution in [1.29, 1.82) is 0 Å². The molecule has 0 fully saturated rings. The van der Waals surface area contributed by atoms with Gasteiger partial charge in [-0.2, -0.15) is 52.7 Å². The molecule has 162 valence electrons. The largest absolute Gasteiger partial charge is 0.417 e. The Morgan fingerprint density at radius 3 is 1.07 bits per heavy atom. The second kappa shape index (κ2) is 6.70. The van der Waals surface area contributed by atoms with Gasteiger partial charge in [0.1, 0.15) is 0 Å². The Balaban J connectivity index is 4.43. The topological polar surface area (TPSA) is 26.0 Å². The van der Waals surface area contributed by atoms with E-state index in [1.165, 1.54) is 0 Å². The van der Waals surface area contributed by atoms with Crippen LogP contribution in [-0.4, -0.2) is 0 Å². The summed E-state index contributed by atoms with van der Waals surface area (Å²) >= 11 is 0. The number of hydrogen-bond acceptors (Lipinski definition) is 1. The number of benzene rings is 1. The van der Waals surface area contributed by atoms with Crippen LogP contribution in [0.3, 0.4) is 0 Å². The quantitative estimate of drug-likeness (QED) is 0.482. The van der Waals surface area contributed by atoms with E-state index in [2.05, 4.69) is 0 Å². The minimum atomic E-state index is -6.06. The summed E-state index contributed by atoms with van der Waals surface area (Å²) in [4.78, 5) is 0. The molecule has 1 atom stereocenters. The summed E-state index contributed by atoms with van der Waals surface area (Å²) in [6, 6.07) is -3.63. The monoisotopic (exact) mass is 435 g/mol. The predicted molar refractivity (Wildman–Crippen MR) is 72.8 cm³/mol. The zero-order chi connectivity index (χ0) is 22.7.